The van der Waals surface area contributed by atoms with Crippen LogP contribution in [0.15, 0.2) is 29.4 Å². The maximum absolute atomic E-state index is 12.2. The number of carbonyl (C=O) groups excluding carboxylic acids is 3. The second kappa shape index (κ2) is 9.24. The van der Waals surface area contributed by atoms with E-state index < -0.39 is 5.25 Å². The third kappa shape index (κ3) is 4.93. The molecule has 8 nitrogen and oxygen atoms in total. The number of hydrogen-bond donors (Lipinski definition) is 2. The van der Waals surface area contributed by atoms with Crippen LogP contribution in [0.5, 0.6) is 0 Å². The number of carbonyl (C=O) groups is 3. The van der Waals surface area contributed by atoms with Gasteiger partial charge in [-0.25, -0.2) is 4.98 Å². The lowest BCUT2D eigenvalue weighted by atomic mass is 10.1. The van der Waals surface area contributed by atoms with Gasteiger partial charge in [0.15, 0.2) is 5.82 Å². The van der Waals surface area contributed by atoms with Crippen molar-refractivity contribution in [2.75, 3.05) is 18.8 Å². The van der Waals surface area contributed by atoms with Crippen LogP contribution < -0.4 is 5.32 Å². The minimum atomic E-state index is -0.412. The predicted molar refractivity (Wildman–Crippen MR) is 109 cm³/mol. The van der Waals surface area contributed by atoms with E-state index in [1.165, 1.54) is 17.3 Å². The highest BCUT2D eigenvalue weighted by Gasteiger charge is 2.29. The molecule has 148 valence electrons. The topological polar surface area (TPSA) is 108 Å². The average Bonchev–Trinajstić information content (AvgIpc) is 3.29. The molecule has 1 aromatic heterocycles. The zero-order chi connectivity index (χ0) is 20.1. The van der Waals surface area contributed by atoms with Gasteiger partial charge in [0.25, 0.3) is 5.24 Å². The Morgan fingerprint density at radius 1 is 1.36 bits per heavy atom. The minimum absolute atomic E-state index is 0.174. The lowest BCUT2D eigenvalue weighted by Crippen LogP contribution is -2.39. The van der Waals surface area contributed by atoms with Crippen LogP contribution in [0.25, 0.3) is 11.4 Å². The summed E-state index contributed by atoms with van der Waals surface area (Å²) in [5, 5.41) is 9.62. The first kappa shape index (κ1) is 20.4. The number of nitrogens with one attached hydrogen (secondary N) is 2. The van der Waals surface area contributed by atoms with Gasteiger partial charge in [-0.15, -0.1) is 5.10 Å². The predicted octanol–water partition coefficient (Wildman–Crippen LogP) is 2.33. The molecule has 0 unspecified atom stereocenters. The fraction of sp³-hybridized carbons (Fsp3) is 0.389. The summed E-state index contributed by atoms with van der Waals surface area (Å²) in [5.74, 6) is 0.413. The van der Waals surface area contributed by atoms with Gasteiger partial charge in [-0.3, -0.25) is 24.4 Å². The molecule has 2 N–H and O–H groups in total. The molecule has 2 heterocycles. The molecular formula is C18H21N5O3S2. The van der Waals surface area contributed by atoms with E-state index >= 15 is 0 Å². The van der Waals surface area contributed by atoms with Crippen molar-refractivity contribution in [2.45, 2.75) is 30.7 Å². The number of aryl methyl sites for hydroxylation is 1. The molecule has 1 atom stereocenters. The maximum atomic E-state index is 12.2. The lowest BCUT2D eigenvalue weighted by Gasteiger charge is -2.14. The Bertz CT molecular complexity index is 852. The van der Waals surface area contributed by atoms with Gasteiger partial charge in [0.2, 0.25) is 17.0 Å². The smallest absolute Gasteiger partial charge is 0.288 e. The van der Waals surface area contributed by atoms with Crippen molar-refractivity contribution in [3.8, 4) is 11.4 Å². The molecule has 1 aliphatic heterocycles. The number of amides is 3. The normalized spacial score (nSPS) is 15.1. The number of nitrogens with zero attached hydrogens (tertiary/aromatic N) is 3. The van der Waals surface area contributed by atoms with Gasteiger partial charge in [-0.2, -0.15) is 0 Å². The molecule has 0 aliphatic carbocycles. The number of hydrogen-bond acceptors (Lipinski definition) is 7. The van der Waals surface area contributed by atoms with Gasteiger partial charge in [-0.05, 0) is 18.9 Å². The summed E-state index contributed by atoms with van der Waals surface area (Å²) in [7, 11) is 0. The highest BCUT2D eigenvalue weighted by atomic mass is 32.2. The second-order valence-corrected chi connectivity index (χ2v) is 8.40. The van der Waals surface area contributed by atoms with Crippen molar-refractivity contribution in [3.63, 3.8) is 0 Å². The van der Waals surface area contributed by atoms with E-state index in [0.717, 1.165) is 28.6 Å². The highest BCUT2D eigenvalue weighted by Crippen LogP contribution is 2.23. The quantitative estimate of drug-likeness (QED) is 0.632. The summed E-state index contributed by atoms with van der Waals surface area (Å²) in [6, 6.07) is 8.08. The Hall–Kier alpha value is -2.33. The maximum Gasteiger partial charge on any atom is 0.288 e. The Labute approximate surface area is 171 Å². The summed E-state index contributed by atoms with van der Waals surface area (Å²) in [5.41, 5.74) is 2.19. The molecule has 1 aromatic carbocycles. The molecule has 0 bridgehead atoms. The van der Waals surface area contributed by atoms with Crippen LogP contribution >= 0.6 is 23.5 Å². The van der Waals surface area contributed by atoms with E-state index in [4.69, 9.17) is 0 Å². The number of rotatable bonds is 8. The standard InChI is InChI=1S/C18H21N5O3S2/c1-3-12-4-6-13(7-5-12)15-20-17(22-21-15)28-11(2)16(25)19-8-9-23-14(24)10-27-18(23)26/h4-7,11H,3,8-10H2,1-2H3,(H,19,25)(H,20,21,22)/t11-/m0/s1. The van der Waals surface area contributed by atoms with Gasteiger partial charge < -0.3 is 5.32 Å². The van der Waals surface area contributed by atoms with Crippen molar-refractivity contribution in [3.05, 3.63) is 29.8 Å². The molecule has 1 saturated heterocycles. The van der Waals surface area contributed by atoms with Crippen molar-refractivity contribution in [2.24, 2.45) is 0 Å². The molecule has 3 amide bonds. The van der Waals surface area contributed by atoms with Crippen LogP contribution in [0.1, 0.15) is 19.4 Å². The molecule has 1 fully saturated rings. The van der Waals surface area contributed by atoms with E-state index in [2.05, 4.69) is 39.6 Å². The average molecular weight is 420 g/mol. The summed E-state index contributed by atoms with van der Waals surface area (Å²) in [6.07, 6.45) is 0.976. The molecular weight excluding hydrogens is 398 g/mol. The SMILES string of the molecule is CCc1ccc(-c2nc(S[C@@H](C)C(=O)NCCN3C(=O)CSC3=O)n[nH]2)cc1. The first-order valence-electron chi connectivity index (χ1n) is 8.91. The molecule has 0 spiro atoms. The Morgan fingerprint density at radius 2 is 2.11 bits per heavy atom. The van der Waals surface area contributed by atoms with Crippen LogP contribution in [-0.4, -0.2) is 61.2 Å². The largest absolute Gasteiger partial charge is 0.353 e. The van der Waals surface area contributed by atoms with Crippen LogP contribution in [0.2, 0.25) is 0 Å². The number of imide groups is 1. The van der Waals surface area contributed by atoms with Crippen LogP contribution in [0.4, 0.5) is 4.79 Å². The van der Waals surface area contributed by atoms with E-state index in [1.54, 1.807) is 6.92 Å². The van der Waals surface area contributed by atoms with Crippen molar-refractivity contribution in [1.29, 1.82) is 0 Å². The van der Waals surface area contributed by atoms with Crippen molar-refractivity contribution < 1.29 is 14.4 Å². The summed E-state index contributed by atoms with van der Waals surface area (Å²) >= 11 is 2.22. The minimum Gasteiger partial charge on any atom is -0.353 e. The molecule has 0 saturated carbocycles. The first-order chi connectivity index (χ1) is 13.5. The van der Waals surface area contributed by atoms with E-state index in [1.807, 2.05) is 12.1 Å². The lowest BCUT2D eigenvalue weighted by molar-refractivity contribution is -0.125. The molecule has 2 aromatic rings. The summed E-state index contributed by atoms with van der Waals surface area (Å²) in [4.78, 5) is 40.9. The van der Waals surface area contributed by atoms with Crippen molar-refractivity contribution in [1.82, 2.24) is 25.4 Å². The van der Waals surface area contributed by atoms with E-state index in [0.29, 0.717) is 11.0 Å². The summed E-state index contributed by atoms with van der Waals surface area (Å²) in [6.45, 7) is 4.27. The Morgan fingerprint density at radius 3 is 2.75 bits per heavy atom. The fourth-order valence-corrected chi connectivity index (χ4v) is 4.07. The number of thioether (sulfide) groups is 2. The van der Waals surface area contributed by atoms with Crippen LogP contribution in [-0.2, 0) is 16.0 Å². The molecule has 3 rings (SSSR count). The third-order valence-electron chi connectivity index (χ3n) is 4.23. The fourth-order valence-electron chi connectivity index (χ4n) is 2.57. The van der Waals surface area contributed by atoms with Gasteiger partial charge in [-0.1, -0.05) is 54.7 Å². The van der Waals surface area contributed by atoms with Gasteiger partial charge in [0.1, 0.15) is 0 Å². The van der Waals surface area contributed by atoms with Crippen LogP contribution in [0, 0.1) is 0 Å². The molecule has 0 radical (unpaired) electrons. The Balaban J connectivity index is 1.49. The van der Waals surface area contributed by atoms with E-state index in [-0.39, 0.29) is 35.9 Å². The first-order valence-corrected chi connectivity index (χ1v) is 10.8. The van der Waals surface area contributed by atoms with Crippen molar-refractivity contribution >= 4 is 40.6 Å². The van der Waals surface area contributed by atoms with Crippen LogP contribution in [0.3, 0.4) is 0 Å². The zero-order valence-corrected chi connectivity index (χ0v) is 17.2. The van der Waals surface area contributed by atoms with Gasteiger partial charge in [0.05, 0.1) is 11.0 Å². The third-order valence-corrected chi connectivity index (χ3v) is 6.05. The highest BCUT2D eigenvalue weighted by molar-refractivity contribution is 8.14. The number of benzene rings is 1. The monoisotopic (exact) mass is 419 g/mol. The number of H-pyrrole nitrogens is 1. The Kier molecular flexibility index (Phi) is 6.74. The summed E-state index contributed by atoms with van der Waals surface area (Å²) < 4.78 is 0. The molecule has 28 heavy (non-hydrogen) atoms. The second-order valence-electron chi connectivity index (χ2n) is 6.17. The zero-order valence-electron chi connectivity index (χ0n) is 15.6. The number of aromatic nitrogens is 3. The molecule has 10 heteroatoms. The van der Waals surface area contributed by atoms with Gasteiger partial charge in [0, 0.05) is 18.7 Å². The van der Waals surface area contributed by atoms with E-state index in [9.17, 15) is 14.4 Å². The number of aromatic amines is 1. The molecule has 1 aliphatic rings. The van der Waals surface area contributed by atoms with Gasteiger partial charge >= 0.3 is 0 Å².